The van der Waals surface area contributed by atoms with E-state index in [4.69, 9.17) is 0 Å². The van der Waals surface area contributed by atoms with Gasteiger partial charge in [0.1, 0.15) is 4.21 Å². The third-order valence-corrected chi connectivity index (χ3v) is 8.07. The summed E-state index contributed by atoms with van der Waals surface area (Å²) in [5.74, 6) is 0. The van der Waals surface area contributed by atoms with Gasteiger partial charge in [0.25, 0.3) is 0 Å². The van der Waals surface area contributed by atoms with E-state index in [0.29, 0.717) is 10.8 Å². The summed E-state index contributed by atoms with van der Waals surface area (Å²) in [5, 5.41) is 4.20. The third-order valence-electron chi connectivity index (χ3n) is 4.46. The summed E-state index contributed by atoms with van der Waals surface area (Å²) in [6.07, 6.45) is 4.93. The maximum atomic E-state index is 12.6. The van der Waals surface area contributed by atoms with Crippen LogP contribution < -0.4 is 4.72 Å². The first-order valence-corrected chi connectivity index (χ1v) is 11.6. The van der Waals surface area contributed by atoms with Crippen molar-refractivity contribution in [2.75, 3.05) is 19.6 Å². The number of rotatable bonds is 6. The van der Waals surface area contributed by atoms with Crippen molar-refractivity contribution in [3.8, 4) is 0 Å². The standard InChI is InChI=1S/C17H24N2O2S3/c1-14-6-7-17(23-14)24(20,21)18-12-16(15-8-11-22-13-15)19-9-4-2-3-5-10-19/h6-8,11,13,16,18H,2-5,9-10,12H2,1H3/t16-/m1/s1. The zero-order chi connectivity index (χ0) is 17.0. The van der Waals surface area contributed by atoms with Crippen molar-refractivity contribution >= 4 is 32.7 Å². The Morgan fingerprint density at radius 3 is 2.50 bits per heavy atom. The average Bonchev–Trinajstić information content (AvgIpc) is 3.15. The van der Waals surface area contributed by atoms with Crippen LogP contribution in [-0.4, -0.2) is 33.0 Å². The molecule has 7 heteroatoms. The van der Waals surface area contributed by atoms with Crippen molar-refractivity contribution in [2.24, 2.45) is 0 Å². The van der Waals surface area contributed by atoms with Crippen LogP contribution in [-0.2, 0) is 10.0 Å². The normalized spacial score (nSPS) is 18.4. The van der Waals surface area contributed by atoms with Crippen molar-refractivity contribution in [1.29, 1.82) is 0 Å². The van der Waals surface area contributed by atoms with Crippen molar-refractivity contribution in [3.63, 3.8) is 0 Å². The van der Waals surface area contributed by atoms with Crippen LogP contribution in [0.4, 0.5) is 0 Å². The van der Waals surface area contributed by atoms with Gasteiger partial charge in [0.2, 0.25) is 10.0 Å². The molecule has 0 radical (unpaired) electrons. The molecular formula is C17H24N2O2S3. The van der Waals surface area contributed by atoms with E-state index in [0.717, 1.165) is 18.0 Å². The molecule has 1 saturated heterocycles. The smallest absolute Gasteiger partial charge is 0.250 e. The summed E-state index contributed by atoms with van der Waals surface area (Å²) in [5.41, 5.74) is 1.21. The highest BCUT2D eigenvalue weighted by Crippen LogP contribution is 2.27. The molecule has 0 bridgehead atoms. The lowest BCUT2D eigenvalue weighted by molar-refractivity contribution is 0.206. The van der Waals surface area contributed by atoms with Gasteiger partial charge in [-0.15, -0.1) is 11.3 Å². The molecule has 2 aromatic rings. The first kappa shape index (κ1) is 18.1. The number of nitrogens with one attached hydrogen (secondary N) is 1. The van der Waals surface area contributed by atoms with Gasteiger partial charge in [-0.05, 0) is 67.4 Å². The van der Waals surface area contributed by atoms with Crippen molar-refractivity contribution in [3.05, 3.63) is 39.4 Å². The zero-order valence-corrected chi connectivity index (χ0v) is 16.4. The van der Waals surface area contributed by atoms with Crippen LogP contribution in [0.25, 0.3) is 0 Å². The molecule has 3 rings (SSSR count). The summed E-state index contributed by atoms with van der Waals surface area (Å²) >= 11 is 2.99. The van der Waals surface area contributed by atoms with Gasteiger partial charge in [-0.3, -0.25) is 4.90 Å². The molecule has 0 spiro atoms. The Bertz CT molecular complexity index is 730. The number of thiophene rings is 2. The van der Waals surface area contributed by atoms with E-state index >= 15 is 0 Å². The minimum absolute atomic E-state index is 0.116. The Balaban J connectivity index is 1.74. The van der Waals surface area contributed by atoms with Crippen LogP contribution in [0.1, 0.15) is 42.2 Å². The molecular weight excluding hydrogens is 360 g/mol. The van der Waals surface area contributed by atoms with Gasteiger partial charge < -0.3 is 0 Å². The Hall–Kier alpha value is -0.730. The minimum Gasteiger partial charge on any atom is -0.295 e. The van der Waals surface area contributed by atoms with Crippen LogP contribution in [0.15, 0.2) is 33.2 Å². The molecule has 1 atom stereocenters. The minimum atomic E-state index is -3.43. The van der Waals surface area contributed by atoms with Crippen LogP contribution in [0.3, 0.4) is 0 Å². The van der Waals surface area contributed by atoms with Crippen LogP contribution >= 0.6 is 22.7 Å². The Kier molecular flexibility index (Phi) is 6.10. The fraction of sp³-hybridized carbons (Fsp3) is 0.529. The first-order chi connectivity index (χ1) is 11.6. The lowest BCUT2D eigenvalue weighted by Gasteiger charge is -2.30. The van der Waals surface area contributed by atoms with E-state index in [-0.39, 0.29) is 6.04 Å². The number of nitrogens with zero attached hydrogens (tertiary/aromatic N) is 1. The van der Waals surface area contributed by atoms with Crippen LogP contribution in [0, 0.1) is 6.92 Å². The van der Waals surface area contributed by atoms with Gasteiger partial charge >= 0.3 is 0 Å². The number of hydrogen-bond acceptors (Lipinski definition) is 5. The van der Waals surface area contributed by atoms with Crippen molar-refractivity contribution < 1.29 is 8.42 Å². The molecule has 0 unspecified atom stereocenters. The van der Waals surface area contributed by atoms with E-state index in [1.807, 2.05) is 13.0 Å². The van der Waals surface area contributed by atoms with Gasteiger partial charge in [-0.2, -0.15) is 11.3 Å². The highest BCUT2D eigenvalue weighted by atomic mass is 32.2. The van der Waals surface area contributed by atoms with E-state index in [2.05, 4.69) is 26.4 Å². The first-order valence-electron chi connectivity index (χ1n) is 8.38. The molecule has 2 aromatic heterocycles. The van der Waals surface area contributed by atoms with Crippen molar-refractivity contribution in [1.82, 2.24) is 9.62 Å². The molecule has 1 aliphatic heterocycles. The highest BCUT2D eigenvalue weighted by Gasteiger charge is 2.25. The van der Waals surface area contributed by atoms with Gasteiger partial charge in [0.15, 0.2) is 0 Å². The van der Waals surface area contributed by atoms with Gasteiger partial charge in [-0.25, -0.2) is 13.1 Å². The lowest BCUT2D eigenvalue weighted by atomic mass is 10.1. The molecule has 4 nitrogen and oxygen atoms in total. The van der Waals surface area contributed by atoms with Crippen LogP contribution in [0.5, 0.6) is 0 Å². The summed E-state index contributed by atoms with van der Waals surface area (Å²) in [7, 11) is -3.43. The van der Waals surface area contributed by atoms with Gasteiger partial charge in [-0.1, -0.05) is 12.8 Å². The Labute approximate surface area is 152 Å². The molecule has 1 N–H and O–H groups in total. The molecule has 1 fully saturated rings. The average molecular weight is 385 g/mol. The number of likely N-dealkylation sites (tertiary alicyclic amines) is 1. The maximum absolute atomic E-state index is 12.6. The van der Waals surface area contributed by atoms with Gasteiger partial charge in [0, 0.05) is 17.5 Å². The van der Waals surface area contributed by atoms with Crippen LogP contribution in [0.2, 0.25) is 0 Å². The predicted octanol–water partition coefficient (Wildman–Crippen LogP) is 4.01. The Morgan fingerprint density at radius 2 is 1.92 bits per heavy atom. The lowest BCUT2D eigenvalue weighted by Crippen LogP contribution is -2.38. The predicted molar refractivity (Wildman–Crippen MR) is 101 cm³/mol. The molecule has 1 aliphatic rings. The SMILES string of the molecule is Cc1ccc(S(=O)(=O)NC[C@H](c2ccsc2)N2CCCCCC2)s1. The Morgan fingerprint density at radius 1 is 1.17 bits per heavy atom. The topological polar surface area (TPSA) is 49.4 Å². The molecule has 0 saturated carbocycles. The summed E-state index contributed by atoms with van der Waals surface area (Å²) in [6.45, 7) is 4.44. The van der Waals surface area contributed by atoms with E-state index < -0.39 is 10.0 Å². The molecule has 3 heterocycles. The number of hydrogen-bond donors (Lipinski definition) is 1. The highest BCUT2D eigenvalue weighted by molar-refractivity contribution is 7.91. The monoisotopic (exact) mass is 384 g/mol. The molecule has 24 heavy (non-hydrogen) atoms. The second-order valence-electron chi connectivity index (χ2n) is 6.24. The summed E-state index contributed by atoms with van der Waals surface area (Å²) in [6, 6.07) is 5.77. The van der Waals surface area contributed by atoms with E-state index in [9.17, 15) is 8.42 Å². The quantitative estimate of drug-likeness (QED) is 0.818. The second kappa shape index (κ2) is 8.10. The second-order valence-corrected chi connectivity index (χ2v) is 10.3. The number of sulfonamides is 1. The summed E-state index contributed by atoms with van der Waals surface area (Å²) in [4.78, 5) is 3.45. The molecule has 0 aromatic carbocycles. The maximum Gasteiger partial charge on any atom is 0.250 e. The largest absolute Gasteiger partial charge is 0.295 e. The van der Waals surface area contributed by atoms with E-state index in [1.165, 1.54) is 42.6 Å². The van der Waals surface area contributed by atoms with E-state index in [1.54, 1.807) is 17.4 Å². The van der Waals surface area contributed by atoms with Crippen molar-refractivity contribution in [2.45, 2.75) is 42.9 Å². The number of aryl methyl sites for hydroxylation is 1. The molecule has 0 aliphatic carbocycles. The third kappa shape index (κ3) is 4.46. The fourth-order valence-electron chi connectivity index (χ4n) is 3.15. The summed E-state index contributed by atoms with van der Waals surface area (Å²) < 4.78 is 28.4. The fourth-order valence-corrected chi connectivity index (χ4v) is 6.22. The molecule has 0 amide bonds. The zero-order valence-electron chi connectivity index (χ0n) is 13.9. The van der Waals surface area contributed by atoms with Gasteiger partial charge in [0.05, 0.1) is 0 Å². The molecule has 132 valence electrons.